The lowest BCUT2D eigenvalue weighted by molar-refractivity contribution is -0.139. The zero-order valence-electron chi connectivity index (χ0n) is 19.0. The number of carboxylic acids is 1. The summed E-state index contributed by atoms with van der Waals surface area (Å²) in [5.41, 5.74) is 6.14. The Morgan fingerprint density at radius 3 is 2.35 bits per heavy atom. The molecule has 5 nitrogen and oxygen atoms in total. The standard InChI is InChI=1S/C29H28N2O3/c32-28(33)20-34-27-13-7-12-25-21(14-15-26(25)27)16-17-31-19-24(18-30-31)29(22-8-3-1-4-9-22)23-10-5-2-6-11-23/h1-13,18-19,21,29H,14-17,20H2,(H,32,33). The minimum atomic E-state index is -0.953. The number of aliphatic carboxylic acids is 1. The molecule has 1 heterocycles. The van der Waals surface area contributed by atoms with Gasteiger partial charge in [0, 0.05) is 24.2 Å². The highest BCUT2D eigenvalue weighted by Gasteiger charge is 2.26. The van der Waals surface area contributed by atoms with E-state index >= 15 is 0 Å². The van der Waals surface area contributed by atoms with Gasteiger partial charge in [-0.1, -0.05) is 72.8 Å². The Hall–Kier alpha value is -3.86. The van der Waals surface area contributed by atoms with E-state index in [0.29, 0.717) is 11.7 Å². The van der Waals surface area contributed by atoms with E-state index < -0.39 is 5.97 Å². The summed E-state index contributed by atoms with van der Waals surface area (Å²) >= 11 is 0. The second-order valence-electron chi connectivity index (χ2n) is 8.82. The number of hydrogen-bond donors (Lipinski definition) is 1. The van der Waals surface area contributed by atoms with E-state index in [1.54, 1.807) is 0 Å². The maximum absolute atomic E-state index is 10.9. The topological polar surface area (TPSA) is 64.3 Å². The van der Waals surface area contributed by atoms with Gasteiger partial charge in [-0.25, -0.2) is 4.79 Å². The molecule has 0 saturated heterocycles. The van der Waals surface area contributed by atoms with E-state index in [2.05, 4.69) is 65.5 Å². The molecule has 5 heteroatoms. The van der Waals surface area contributed by atoms with Gasteiger partial charge >= 0.3 is 5.97 Å². The first kappa shape index (κ1) is 22.0. The fourth-order valence-electron chi connectivity index (χ4n) is 5.09. The third-order valence-corrected chi connectivity index (χ3v) is 6.66. The fraction of sp³-hybridized carbons (Fsp3) is 0.241. The number of rotatable bonds is 9. The molecule has 1 aliphatic carbocycles. The van der Waals surface area contributed by atoms with Crippen molar-refractivity contribution >= 4 is 5.97 Å². The molecule has 1 unspecified atom stereocenters. The van der Waals surface area contributed by atoms with Gasteiger partial charge in [-0.3, -0.25) is 4.68 Å². The van der Waals surface area contributed by atoms with Crippen LogP contribution in [-0.2, 0) is 17.8 Å². The molecule has 0 spiro atoms. The van der Waals surface area contributed by atoms with Crippen LogP contribution < -0.4 is 4.74 Å². The molecule has 5 rings (SSSR count). The van der Waals surface area contributed by atoms with Gasteiger partial charge in [0.25, 0.3) is 0 Å². The number of aromatic nitrogens is 2. The van der Waals surface area contributed by atoms with Crippen LogP contribution >= 0.6 is 0 Å². The van der Waals surface area contributed by atoms with Gasteiger partial charge in [0.15, 0.2) is 6.61 Å². The lowest BCUT2D eigenvalue weighted by Crippen LogP contribution is -2.10. The second kappa shape index (κ2) is 9.96. The van der Waals surface area contributed by atoms with E-state index in [1.807, 2.05) is 30.5 Å². The average molecular weight is 453 g/mol. The predicted octanol–water partition coefficient (Wildman–Crippen LogP) is 5.65. The van der Waals surface area contributed by atoms with Gasteiger partial charge in [0.1, 0.15) is 5.75 Å². The van der Waals surface area contributed by atoms with Crippen molar-refractivity contribution in [3.8, 4) is 5.75 Å². The summed E-state index contributed by atoms with van der Waals surface area (Å²) in [5.74, 6) is 0.329. The van der Waals surface area contributed by atoms with E-state index in [1.165, 1.54) is 22.3 Å². The second-order valence-corrected chi connectivity index (χ2v) is 8.82. The lowest BCUT2D eigenvalue weighted by Gasteiger charge is -2.16. The number of carbonyl (C=O) groups is 1. The summed E-state index contributed by atoms with van der Waals surface area (Å²) in [6, 6.07) is 27.1. The van der Waals surface area contributed by atoms with Gasteiger partial charge in [-0.15, -0.1) is 0 Å². The first-order valence-electron chi connectivity index (χ1n) is 11.8. The first-order chi connectivity index (χ1) is 16.7. The summed E-state index contributed by atoms with van der Waals surface area (Å²) in [6.07, 6.45) is 7.12. The van der Waals surface area contributed by atoms with Crippen molar-refractivity contribution in [3.63, 3.8) is 0 Å². The maximum atomic E-state index is 10.9. The minimum Gasteiger partial charge on any atom is -0.482 e. The Kier molecular flexibility index (Phi) is 6.43. The molecule has 34 heavy (non-hydrogen) atoms. The van der Waals surface area contributed by atoms with Crippen LogP contribution in [0.5, 0.6) is 5.75 Å². The number of hydrogen-bond acceptors (Lipinski definition) is 3. The van der Waals surface area contributed by atoms with Gasteiger partial charge in [-0.2, -0.15) is 5.10 Å². The van der Waals surface area contributed by atoms with E-state index in [9.17, 15) is 4.79 Å². The van der Waals surface area contributed by atoms with Gasteiger partial charge in [0.2, 0.25) is 0 Å². The molecule has 0 aliphatic heterocycles. The van der Waals surface area contributed by atoms with Crippen molar-refractivity contribution < 1.29 is 14.6 Å². The predicted molar refractivity (Wildman–Crippen MR) is 131 cm³/mol. The van der Waals surface area contributed by atoms with Crippen molar-refractivity contribution in [2.45, 2.75) is 37.6 Å². The van der Waals surface area contributed by atoms with Crippen LogP contribution in [0.3, 0.4) is 0 Å². The molecule has 0 fully saturated rings. The fourth-order valence-corrected chi connectivity index (χ4v) is 5.09. The van der Waals surface area contributed by atoms with Crippen LogP contribution in [-0.4, -0.2) is 27.5 Å². The van der Waals surface area contributed by atoms with Crippen LogP contribution in [0, 0.1) is 0 Å². The number of nitrogens with zero attached hydrogens (tertiary/aromatic N) is 2. The van der Waals surface area contributed by atoms with Crippen LogP contribution in [0.25, 0.3) is 0 Å². The molecule has 0 radical (unpaired) electrons. The van der Waals surface area contributed by atoms with Crippen molar-refractivity contribution in [2.24, 2.45) is 0 Å². The van der Waals surface area contributed by atoms with Gasteiger partial charge < -0.3 is 9.84 Å². The zero-order chi connectivity index (χ0) is 23.3. The van der Waals surface area contributed by atoms with Crippen molar-refractivity contribution in [3.05, 3.63) is 119 Å². The average Bonchev–Trinajstić information content (AvgIpc) is 3.50. The summed E-state index contributed by atoms with van der Waals surface area (Å²) in [5, 5.41) is 13.6. The van der Waals surface area contributed by atoms with Crippen LogP contribution in [0.2, 0.25) is 0 Å². The molecule has 3 aromatic carbocycles. The smallest absolute Gasteiger partial charge is 0.341 e. The van der Waals surface area contributed by atoms with Crippen molar-refractivity contribution in [1.29, 1.82) is 0 Å². The number of ether oxygens (including phenoxy) is 1. The molecule has 1 aliphatic rings. The largest absolute Gasteiger partial charge is 0.482 e. The Labute approximate surface area is 199 Å². The molecular formula is C29H28N2O3. The normalized spacial score (nSPS) is 14.8. The van der Waals surface area contributed by atoms with Gasteiger partial charge in [0.05, 0.1) is 6.20 Å². The number of aryl methyl sites for hydroxylation is 1. The highest BCUT2D eigenvalue weighted by atomic mass is 16.5. The molecule has 1 N–H and O–H groups in total. The SMILES string of the molecule is O=C(O)COc1cccc2c1CCC2CCn1cc(C(c2ccccc2)c2ccccc2)cn1. The van der Waals surface area contributed by atoms with Crippen LogP contribution in [0.4, 0.5) is 0 Å². The zero-order valence-corrected chi connectivity index (χ0v) is 19.0. The summed E-state index contributed by atoms with van der Waals surface area (Å²) < 4.78 is 7.57. The Bertz CT molecular complexity index is 1210. The highest BCUT2D eigenvalue weighted by molar-refractivity contribution is 5.68. The third kappa shape index (κ3) is 4.74. The lowest BCUT2D eigenvalue weighted by atomic mass is 9.87. The van der Waals surface area contributed by atoms with E-state index in [0.717, 1.165) is 31.4 Å². The van der Waals surface area contributed by atoms with E-state index in [-0.39, 0.29) is 12.5 Å². The molecule has 0 amide bonds. The molecule has 1 atom stereocenters. The monoisotopic (exact) mass is 452 g/mol. The number of benzene rings is 3. The summed E-state index contributed by atoms with van der Waals surface area (Å²) in [4.78, 5) is 10.9. The quantitative estimate of drug-likeness (QED) is 0.357. The minimum absolute atomic E-state index is 0.150. The van der Waals surface area contributed by atoms with Crippen LogP contribution in [0.1, 0.15) is 52.5 Å². The van der Waals surface area contributed by atoms with Crippen molar-refractivity contribution in [1.82, 2.24) is 9.78 Å². The van der Waals surface area contributed by atoms with Crippen LogP contribution in [0.15, 0.2) is 91.3 Å². The molecule has 0 saturated carbocycles. The number of carboxylic acid groups (broad SMARTS) is 1. The van der Waals surface area contributed by atoms with Crippen molar-refractivity contribution in [2.75, 3.05) is 6.61 Å². The molecule has 0 bridgehead atoms. The summed E-state index contributed by atoms with van der Waals surface area (Å²) in [7, 11) is 0. The molecule has 172 valence electrons. The molecular weight excluding hydrogens is 424 g/mol. The number of fused-ring (bicyclic) bond motifs is 1. The Morgan fingerprint density at radius 2 is 1.68 bits per heavy atom. The van der Waals surface area contributed by atoms with Gasteiger partial charge in [-0.05, 0) is 53.5 Å². The first-order valence-corrected chi connectivity index (χ1v) is 11.8. The third-order valence-electron chi connectivity index (χ3n) is 6.66. The van der Waals surface area contributed by atoms with E-state index in [4.69, 9.17) is 14.9 Å². The Balaban J connectivity index is 1.31. The maximum Gasteiger partial charge on any atom is 0.341 e. The Morgan fingerprint density at radius 1 is 0.971 bits per heavy atom. The highest BCUT2D eigenvalue weighted by Crippen LogP contribution is 2.40. The molecule has 4 aromatic rings. The molecule has 1 aromatic heterocycles. The summed E-state index contributed by atoms with van der Waals surface area (Å²) in [6.45, 7) is 0.530.